The Kier molecular flexibility index (Phi) is 2.79. The summed E-state index contributed by atoms with van der Waals surface area (Å²) in [5, 5.41) is 5.16. The van der Waals surface area contributed by atoms with Crippen molar-refractivity contribution in [2.24, 2.45) is 0 Å². The highest BCUT2D eigenvalue weighted by molar-refractivity contribution is 5.95. The van der Waals surface area contributed by atoms with Crippen LogP contribution in [0.4, 0.5) is 0 Å². The predicted molar refractivity (Wildman–Crippen MR) is 96.3 cm³/mol. The molecule has 2 aromatic carbocycles. The SMILES string of the molecule is Cc1c2oc3ccccc3nc-2c2nn(-c3ccccc3)cc2c1=O. The third kappa shape index (κ3) is 1.99. The largest absolute Gasteiger partial charge is 0.452 e. The Morgan fingerprint density at radius 1 is 1.00 bits per heavy atom. The number of hydrogen-bond donors (Lipinski definition) is 0. The van der Waals surface area contributed by atoms with Gasteiger partial charge >= 0.3 is 0 Å². The van der Waals surface area contributed by atoms with Gasteiger partial charge in [0.05, 0.1) is 11.1 Å². The third-order valence-electron chi connectivity index (χ3n) is 4.41. The van der Waals surface area contributed by atoms with E-state index in [2.05, 4.69) is 5.10 Å². The van der Waals surface area contributed by atoms with Crippen molar-refractivity contribution in [2.45, 2.75) is 6.92 Å². The Bertz CT molecular complexity index is 1270. The van der Waals surface area contributed by atoms with Gasteiger partial charge in [-0.15, -0.1) is 0 Å². The summed E-state index contributed by atoms with van der Waals surface area (Å²) < 4.78 is 7.68. The maximum Gasteiger partial charge on any atom is 0.196 e. The minimum absolute atomic E-state index is 0.0782. The summed E-state index contributed by atoms with van der Waals surface area (Å²) >= 11 is 0. The van der Waals surface area contributed by atoms with Gasteiger partial charge in [-0.25, -0.2) is 9.67 Å². The summed E-state index contributed by atoms with van der Waals surface area (Å²) in [5.74, 6) is 0.495. The molecule has 0 bridgehead atoms. The van der Waals surface area contributed by atoms with Crippen molar-refractivity contribution < 1.29 is 4.42 Å². The number of nitrogens with zero attached hydrogens (tertiary/aromatic N) is 3. The standard InChI is InChI=1S/C20H13N3O2/c1-12-19(24)14-11-23(13-7-3-2-4-8-13)22-17(14)18-20(12)25-16-10-6-5-9-15(16)21-18/h2-11H,1H3. The molecule has 0 saturated carbocycles. The summed E-state index contributed by atoms with van der Waals surface area (Å²) in [6.07, 6.45) is 1.76. The van der Waals surface area contributed by atoms with Gasteiger partial charge in [0.2, 0.25) is 0 Å². The van der Waals surface area contributed by atoms with Crippen molar-refractivity contribution in [3.05, 3.63) is 76.6 Å². The Balaban J connectivity index is 1.92. The first kappa shape index (κ1) is 13.9. The first-order chi connectivity index (χ1) is 12.2. The Morgan fingerprint density at radius 3 is 2.60 bits per heavy atom. The Labute approximate surface area is 142 Å². The Morgan fingerprint density at radius 2 is 1.76 bits per heavy atom. The molecule has 0 radical (unpaired) electrons. The van der Waals surface area contributed by atoms with E-state index in [1.807, 2.05) is 54.6 Å². The van der Waals surface area contributed by atoms with Crippen LogP contribution in [0, 0.1) is 6.92 Å². The molecule has 120 valence electrons. The van der Waals surface area contributed by atoms with Crippen molar-refractivity contribution in [1.82, 2.24) is 14.8 Å². The van der Waals surface area contributed by atoms with Gasteiger partial charge in [0, 0.05) is 11.8 Å². The lowest BCUT2D eigenvalue weighted by molar-refractivity contribution is 0.609. The van der Waals surface area contributed by atoms with E-state index in [4.69, 9.17) is 9.40 Å². The molecular weight excluding hydrogens is 314 g/mol. The second kappa shape index (κ2) is 5.01. The molecule has 0 spiro atoms. The predicted octanol–water partition coefficient (Wildman–Crippen LogP) is 3.94. The lowest BCUT2D eigenvalue weighted by Crippen LogP contribution is -2.09. The maximum atomic E-state index is 12.8. The van der Waals surface area contributed by atoms with Gasteiger partial charge in [-0.1, -0.05) is 30.3 Å². The second-order valence-corrected chi connectivity index (χ2v) is 5.98. The molecule has 0 atom stereocenters. The van der Waals surface area contributed by atoms with Crippen LogP contribution in [0.2, 0.25) is 0 Å². The average molecular weight is 327 g/mol. The highest BCUT2D eigenvalue weighted by atomic mass is 16.3. The number of para-hydroxylation sites is 3. The monoisotopic (exact) mass is 327 g/mol. The maximum absolute atomic E-state index is 12.8. The molecule has 5 rings (SSSR count). The van der Waals surface area contributed by atoms with Crippen molar-refractivity contribution >= 4 is 22.0 Å². The van der Waals surface area contributed by atoms with E-state index in [-0.39, 0.29) is 5.43 Å². The second-order valence-electron chi connectivity index (χ2n) is 5.98. The highest BCUT2D eigenvalue weighted by Crippen LogP contribution is 2.32. The van der Waals surface area contributed by atoms with Crippen LogP contribution in [0.25, 0.3) is 39.1 Å². The zero-order valence-electron chi connectivity index (χ0n) is 13.4. The van der Waals surface area contributed by atoms with Crippen LogP contribution in [0.5, 0.6) is 0 Å². The first-order valence-electron chi connectivity index (χ1n) is 7.99. The van der Waals surface area contributed by atoms with Crippen LogP contribution in [-0.4, -0.2) is 14.8 Å². The molecule has 0 saturated heterocycles. The Hall–Kier alpha value is -3.47. The molecule has 1 aliphatic heterocycles. The van der Waals surface area contributed by atoms with Crippen molar-refractivity contribution in [3.63, 3.8) is 0 Å². The summed E-state index contributed by atoms with van der Waals surface area (Å²) in [6, 6.07) is 17.2. The van der Waals surface area contributed by atoms with E-state index in [1.54, 1.807) is 17.8 Å². The van der Waals surface area contributed by atoms with E-state index in [0.717, 1.165) is 11.2 Å². The molecule has 5 nitrogen and oxygen atoms in total. The van der Waals surface area contributed by atoms with Crippen LogP contribution in [-0.2, 0) is 0 Å². The molecule has 0 N–H and O–H groups in total. The summed E-state index contributed by atoms with van der Waals surface area (Å²) in [7, 11) is 0. The quantitative estimate of drug-likeness (QED) is 0.438. The van der Waals surface area contributed by atoms with Crippen molar-refractivity contribution in [1.29, 1.82) is 0 Å². The van der Waals surface area contributed by atoms with E-state index in [0.29, 0.717) is 33.5 Å². The lowest BCUT2D eigenvalue weighted by atomic mass is 10.1. The zero-order chi connectivity index (χ0) is 17.0. The first-order valence-corrected chi connectivity index (χ1v) is 7.99. The minimum atomic E-state index is -0.0782. The fraction of sp³-hybridized carbons (Fsp3) is 0.0500. The molecule has 0 amide bonds. The number of hydrogen-bond acceptors (Lipinski definition) is 4. The molecule has 5 heteroatoms. The normalized spacial score (nSPS) is 11.6. The van der Waals surface area contributed by atoms with E-state index >= 15 is 0 Å². The van der Waals surface area contributed by atoms with Gasteiger partial charge in [0.1, 0.15) is 16.7 Å². The van der Waals surface area contributed by atoms with Crippen LogP contribution in [0.15, 0.2) is 70.0 Å². The lowest BCUT2D eigenvalue weighted by Gasteiger charge is -2.08. The molecule has 3 aromatic rings. The molecular formula is C20H13N3O2. The summed E-state index contributed by atoms with van der Waals surface area (Å²) in [6.45, 7) is 1.77. The minimum Gasteiger partial charge on any atom is -0.452 e. The average Bonchev–Trinajstić information content (AvgIpc) is 3.11. The van der Waals surface area contributed by atoms with Gasteiger partial charge in [-0.2, -0.15) is 5.10 Å². The molecule has 0 fully saturated rings. The number of fused-ring (bicyclic) bond motifs is 4. The van der Waals surface area contributed by atoms with E-state index < -0.39 is 0 Å². The van der Waals surface area contributed by atoms with Crippen molar-refractivity contribution in [3.8, 4) is 17.1 Å². The van der Waals surface area contributed by atoms with E-state index in [9.17, 15) is 4.79 Å². The van der Waals surface area contributed by atoms with Crippen LogP contribution >= 0.6 is 0 Å². The highest BCUT2D eigenvalue weighted by Gasteiger charge is 2.22. The number of benzene rings is 3. The smallest absolute Gasteiger partial charge is 0.196 e. The van der Waals surface area contributed by atoms with Gasteiger partial charge in [-0.3, -0.25) is 4.79 Å². The number of rotatable bonds is 1. The van der Waals surface area contributed by atoms with Gasteiger partial charge < -0.3 is 4.42 Å². The molecule has 25 heavy (non-hydrogen) atoms. The summed E-state index contributed by atoms with van der Waals surface area (Å²) in [4.78, 5) is 17.5. The van der Waals surface area contributed by atoms with Gasteiger partial charge in [-0.05, 0) is 31.2 Å². The molecule has 1 aliphatic carbocycles. The van der Waals surface area contributed by atoms with Gasteiger partial charge in [0.15, 0.2) is 16.8 Å². The molecule has 2 heterocycles. The third-order valence-corrected chi connectivity index (χ3v) is 4.41. The fourth-order valence-corrected chi connectivity index (χ4v) is 3.11. The van der Waals surface area contributed by atoms with Crippen molar-refractivity contribution in [2.75, 3.05) is 0 Å². The van der Waals surface area contributed by atoms with Gasteiger partial charge in [0.25, 0.3) is 0 Å². The zero-order valence-corrected chi connectivity index (χ0v) is 13.4. The van der Waals surface area contributed by atoms with Crippen LogP contribution < -0.4 is 5.43 Å². The topological polar surface area (TPSA) is 60.9 Å². The fourth-order valence-electron chi connectivity index (χ4n) is 3.11. The number of aromatic nitrogens is 3. The summed E-state index contributed by atoms with van der Waals surface area (Å²) in [5.41, 5.74) is 3.92. The molecule has 0 unspecified atom stereocenters. The molecule has 1 aromatic heterocycles. The van der Waals surface area contributed by atoms with E-state index in [1.165, 1.54) is 0 Å². The van der Waals surface area contributed by atoms with Crippen LogP contribution in [0.1, 0.15) is 5.56 Å². The molecule has 2 aliphatic rings. The van der Waals surface area contributed by atoms with Crippen LogP contribution in [0.3, 0.4) is 0 Å².